The second-order valence-corrected chi connectivity index (χ2v) is 8.83. The van der Waals surface area contributed by atoms with E-state index in [4.69, 9.17) is 0 Å². The van der Waals surface area contributed by atoms with E-state index in [-0.39, 0.29) is 17.9 Å². The van der Waals surface area contributed by atoms with Gasteiger partial charge in [0.15, 0.2) is 0 Å². The smallest absolute Gasteiger partial charge is 0.252 e. The molecule has 3 rings (SSSR count). The van der Waals surface area contributed by atoms with Gasteiger partial charge in [0.1, 0.15) is 0 Å². The molecule has 2 aromatic carbocycles. The fraction of sp³-hybridized carbons (Fsp3) is 0.286. The normalized spacial score (nSPS) is 11.8. The van der Waals surface area contributed by atoms with Gasteiger partial charge in [-0.3, -0.25) is 4.79 Å². The lowest BCUT2D eigenvalue weighted by Crippen LogP contribution is -2.29. The first kappa shape index (κ1) is 19.3. The van der Waals surface area contributed by atoms with Gasteiger partial charge in [0.25, 0.3) is 5.56 Å². The lowest BCUT2D eigenvalue weighted by molar-refractivity contribution is 0.578. The third kappa shape index (κ3) is 5.05. The van der Waals surface area contributed by atoms with Crippen LogP contribution in [0.1, 0.15) is 28.7 Å². The number of benzene rings is 2. The molecular formula is C21H24N2O3S. The summed E-state index contributed by atoms with van der Waals surface area (Å²) in [6, 6.07) is 15.5. The van der Waals surface area contributed by atoms with E-state index in [1.54, 1.807) is 6.07 Å². The van der Waals surface area contributed by atoms with Crippen molar-refractivity contribution in [3.8, 4) is 0 Å². The van der Waals surface area contributed by atoms with Crippen molar-refractivity contribution in [1.29, 1.82) is 0 Å². The maximum absolute atomic E-state index is 12.3. The first-order chi connectivity index (χ1) is 12.8. The molecule has 0 unspecified atom stereocenters. The fourth-order valence-corrected chi connectivity index (χ4v) is 4.28. The van der Waals surface area contributed by atoms with Gasteiger partial charge in [-0.05, 0) is 55.3 Å². The van der Waals surface area contributed by atoms with Crippen LogP contribution in [0, 0.1) is 13.8 Å². The Bertz CT molecular complexity index is 1100. The fourth-order valence-electron chi connectivity index (χ4n) is 3.23. The molecule has 0 spiro atoms. The molecule has 0 saturated heterocycles. The van der Waals surface area contributed by atoms with E-state index in [1.165, 1.54) is 0 Å². The molecule has 0 amide bonds. The van der Waals surface area contributed by atoms with E-state index in [0.717, 1.165) is 27.6 Å². The minimum atomic E-state index is -3.44. The quantitative estimate of drug-likeness (QED) is 0.657. The van der Waals surface area contributed by atoms with E-state index >= 15 is 0 Å². The SMILES string of the molecule is Cc1cc(C)c2[nH]c(=O)c(CNS(=O)(=O)CCCc3ccccc3)cc2c1. The number of hydrogen-bond donors (Lipinski definition) is 2. The summed E-state index contributed by atoms with van der Waals surface area (Å²) >= 11 is 0. The zero-order valence-electron chi connectivity index (χ0n) is 15.6. The highest BCUT2D eigenvalue weighted by atomic mass is 32.2. The first-order valence-electron chi connectivity index (χ1n) is 8.98. The van der Waals surface area contributed by atoms with Gasteiger partial charge in [-0.1, -0.05) is 42.0 Å². The Morgan fingerprint density at radius 1 is 1.04 bits per heavy atom. The van der Waals surface area contributed by atoms with Crippen LogP contribution in [-0.2, 0) is 23.0 Å². The molecule has 0 aliphatic rings. The predicted octanol–water partition coefficient (Wildman–Crippen LogP) is 3.20. The van der Waals surface area contributed by atoms with Gasteiger partial charge >= 0.3 is 0 Å². The lowest BCUT2D eigenvalue weighted by atomic mass is 10.1. The highest BCUT2D eigenvalue weighted by Gasteiger charge is 2.12. The van der Waals surface area contributed by atoms with Crippen molar-refractivity contribution in [3.05, 3.63) is 81.1 Å². The number of sulfonamides is 1. The molecular weight excluding hydrogens is 360 g/mol. The highest BCUT2D eigenvalue weighted by molar-refractivity contribution is 7.89. The molecule has 2 N–H and O–H groups in total. The summed E-state index contributed by atoms with van der Waals surface area (Å²) in [5.74, 6) is 0.0333. The topological polar surface area (TPSA) is 79.0 Å². The number of aromatic amines is 1. The molecule has 1 aromatic heterocycles. The Morgan fingerprint density at radius 3 is 2.52 bits per heavy atom. The summed E-state index contributed by atoms with van der Waals surface area (Å²) in [5, 5.41) is 0.908. The summed E-state index contributed by atoms with van der Waals surface area (Å²) in [5.41, 5.74) is 4.15. The number of nitrogens with one attached hydrogen (secondary N) is 2. The largest absolute Gasteiger partial charge is 0.321 e. The van der Waals surface area contributed by atoms with Crippen molar-refractivity contribution in [2.24, 2.45) is 0 Å². The molecule has 0 saturated carbocycles. The van der Waals surface area contributed by atoms with Crippen molar-refractivity contribution in [3.63, 3.8) is 0 Å². The highest BCUT2D eigenvalue weighted by Crippen LogP contribution is 2.18. The van der Waals surface area contributed by atoms with Gasteiger partial charge in [0.2, 0.25) is 10.0 Å². The van der Waals surface area contributed by atoms with Crippen LogP contribution in [0.3, 0.4) is 0 Å². The Morgan fingerprint density at radius 2 is 1.78 bits per heavy atom. The molecule has 5 nitrogen and oxygen atoms in total. The van der Waals surface area contributed by atoms with Crippen molar-refractivity contribution < 1.29 is 8.42 Å². The minimum absolute atomic E-state index is 0.00800. The van der Waals surface area contributed by atoms with Crippen molar-refractivity contribution in [2.75, 3.05) is 5.75 Å². The molecule has 0 radical (unpaired) electrons. The lowest BCUT2D eigenvalue weighted by Gasteiger charge is -2.09. The molecule has 0 atom stereocenters. The van der Waals surface area contributed by atoms with E-state index in [1.807, 2.05) is 56.3 Å². The molecule has 0 bridgehead atoms. The summed E-state index contributed by atoms with van der Waals surface area (Å²) in [4.78, 5) is 15.2. The Kier molecular flexibility index (Phi) is 5.77. The molecule has 3 aromatic rings. The van der Waals surface area contributed by atoms with Crippen LogP contribution in [0.4, 0.5) is 0 Å². The van der Waals surface area contributed by atoms with E-state index < -0.39 is 10.0 Å². The van der Waals surface area contributed by atoms with Gasteiger partial charge in [0, 0.05) is 12.1 Å². The van der Waals surface area contributed by atoms with Crippen molar-refractivity contribution in [1.82, 2.24) is 9.71 Å². The van der Waals surface area contributed by atoms with Crippen LogP contribution >= 0.6 is 0 Å². The molecule has 6 heteroatoms. The molecule has 0 aliphatic heterocycles. The van der Waals surface area contributed by atoms with Gasteiger partial charge in [-0.25, -0.2) is 13.1 Å². The number of aryl methyl sites for hydroxylation is 3. The van der Waals surface area contributed by atoms with Crippen LogP contribution < -0.4 is 10.3 Å². The van der Waals surface area contributed by atoms with Gasteiger partial charge in [-0.15, -0.1) is 0 Å². The number of hydrogen-bond acceptors (Lipinski definition) is 3. The first-order valence-corrected chi connectivity index (χ1v) is 10.6. The standard InChI is InChI=1S/C21H24N2O3S/c1-15-11-16(2)20-18(12-15)13-19(21(24)23-20)14-22-27(25,26)10-6-9-17-7-4-3-5-8-17/h3-5,7-8,11-13,22H,6,9-10,14H2,1-2H3,(H,23,24). The third-order valence-corrected chi connectivity index (χ3v) is 5.98. The summed E-state index contributed by atoms with van der Waals surface area (Å²) in [7, 11) is -3.44. The van der Waals surface area contributed by atoms with Crippen LogP contribution in [0.15, 0.2) is 53.3 Å². The zero-order chi connectivity index (χ0) is 19.4. The van der Waals surface area contributed by atoms with E-state index in [0.29, 0.717) is 18.4 Å². The van der Waals surface area contributed by atoms with Gasteiger partial charge < -0.3 is 4.98 Å². The molecule has 27 heavy (non-hydrogen) atoms. The molecule has 142 valence electrons. The third-order valence-electron chi connectivity index (χ3n) is 4.57. The number of aromatic nitrogens is 1. The number of rotatable bonds is 7. The van der Waals surface area contributed by atoms with Crippen LogP contribution in [0.25, 0.3) is 10.9 Å². The Hall–Kier alpha value is -2.44. The summed E-state index contributed by atoms with van der Waals surface area (Å²) < 4.78 is 27.1. The monoisotopic (exact) mass is 384 g/mol. The second-order valence-electron chi connectivity index (χ2n) is 6.90. The van der Waals surface area contributed by atoms with Gasteiger partial charge in [-0.2, -0.15) is 0 Å². The maximum Gasteiger partial charge on any atom is 0.252 e. The number of H-pyrrole nitrogens is 1. The van der Waals surface area contributed by atoms with Crippen LogP contribution in [0.5, 0.6) is 0 Å². The van der Waals surface area contributed by atoms with E-state index in [9.17, 15) is 13.2 Å². The van der Waals surface area contributed by atoms with Crippen LogP contribution in [0.2, 0.25) is 0 Å². The minimum Gasteiger partial charge on any atom is -0.321 e. The summed E-state index contributed by atoms with van der Waals surface area (Å²) in [6.07, 6.45) is 1.24. The second kappa shape index (κ2) is 8.06. The van der Waals surface area contributed by atoms with Crippen LogP contribution in [-0.4, -0.2) is 19.2 Å². The van der Waals surface area contributed by atoms with Crippen molar-refractivity contribution >= 4 is 20.9 Å². The molecule has 0 aliphatic carbocycles. The predicted molar refractivity (Wildman–Crippen MR) is 109 cm³/mol. The molecule has 1 heterocycles. The number of fused-ring (bicyclic) bond motifs is 1. The van der Waals surface area contributed by atoms with Gasteiger partial charge in [0.05, 0.1) is 11.3 Å². The Balaban J connectivity index is 1.66. The average molecular weight is 385 g/mol. The number of pyridine rings is 1. The summed E-state index contributed by atoms with van der Waals surface area (Å²) in [6.45, 7) is 3.93. The van der Waals surface area contributed by atoms with E-state index in [2.05, 4.69) is 9.71 Å². The Labute approximate surface area is 159 Å². The average Bonchev–Trinajstić information content (AvgIpc) is 2.61. The molecule has 0 fully saturated rings. The maximum atomic E-state index is 12.3. The van der Waals surface area contributed by atoms with Crippen molar-refractivity contribution in [2.45, 2.75) is 33.2 Å². The zero-order valence-corrected chi connectivity index (χ0v) is 16.4.